The van der Waals surface area contributed by atoms with Crippen molar-refractivity contribution in [1.82, 2.24) is 10.2 Å². The molecule has 0 heterocycles. The fourth-order valence-corrected chi connectivity index (χ4v) is 3.13. The lowest BCUT2D eigenvalue weighted by molar-refractivity contribution is -0.123. The average molecular weight is 283 g/mol. The molecule has 4 nitrogen and oxygen atoms in total. The summed E-state index contributed by atoms with van der Waals surface area (Å²) in [5, 5.41) is 3.04. The van der Waals surface area contributed by atoms with Gasteiger partial charge in [0, 0.05) is 6.54 Å². The highest BCUT2D eigenvalue weighted by molar-refractivity contribution is 5.84. The monoisotopic (exact) mass is 283 g/mol. The van der Waals surface area contributed by atoms with Crippen LogP contribution in [0.5, 0.6) is 0 Å². The fourth-order valence-electron chi connectivity index (χ4n) is 3.13. The van der Waals surface area contributed by atoms with E-state index in [-0.39, 0.29) is 5.91 Å². The maximum atomic E-state index is 11.4. The molecule has 1 unspecified atom stereocenters. The molecule has 0 bridgehead atoms. The summed E-state index contributed by atoms with van der Waals surface area (Å²) in [4.78, 5) is 13.8. The standard InChI is InChI=1S/C16H33N3O/c1-16(18-2,15(17)20)11-7-8-12-19(3)13-14-9-5-4-6-10-14/h14,18H,4-13H2,1-3H3,(H2,17,20). The van der Waals surface area contributed by atoms with Crippen LogP contribution in [0.15, 0.2) is 0 Å². The molecule has 118 valence electrons. The Kier molecular flexibility index (Phi) is 7.52. The van der Waals surface area contributed by atoms with E-state index in [0.717, 1.165) is 31.7 Å². The number of rotatable bonds is 9. The lowest BCUT2D eigenvalue weighted by atomic mass is 9.89. The van der Waals surface area contributed by atoms with Crippen molar-refractivity contribution in [2.45, 2.75) is 63.8 Å². The zero-order chi connectivity index (χ0) is 15.0. The van der Waals surface area contributed by atoms with Gasteiger partial charge in [-0.25, -0.2) is 0 Å². The highest BCUT2D eigenvalue weighted by Gasteiger charge is 2.27. The molecule has 0 aromatic heterocycles. The number of likely N-dealkylation sites (N-methyl/N-ethyl adjacent to an activating group) is 1. The van der Waals surface area contributed by atoms with E-state index >= 15 is 0 Å². The van der Waals surface area contributed by atoms with Crippen LogP contribution in [0.3, 0.4) is 0 Å². The molecule has 4 heteroatoms. The van der Waals surface area contributed by atoms with E-state index in [1.807, 2.05) is 6.92 Å². The first-order valence-corrected chi connectivity index (χ1v) is 8.15. The van der Waals surface area contributed by atoms with Crippen molar-refractivity contribution in [2.75, 3.05) is 27.2 Å². The van der Waals surface area contributed by atoms with Gasteiger partial charge < -0.3 is 16.0 Å². The topological polar surface area (TPSA) is 58.4 Å². The van der Waals surface area contributed by atoms with E-state index < -0.39 is 5.54 Å². The van der Waals surface area contributed by atoms with Crippen LogP contribution in [0.25, 0.3) is 0 Å². The summed E-state index contributed by atoms with van der Waals surface area (Å²) < 4.78 is 0. The molecule has 1 amide bonds. The van der Waals surface area contributed by atoms with Crippen molar-refractivity contribution >= 4 is 5.91 Å². The number of hydrogen-bond acceptors (Lipinski definition) is 3. The molecule has 0 aliphatic heterocycles. The maximum Gasteiger partial charge on any atom is 0.237 e. The zero-order valence-electron chi connectivity index (χ0n) is 13.6. The van der Waals surface area contributed by atoms with E-state index in [4.69, 9.17) is 5.73 Å². The number of nitrogens with zero attached hydrogens (tertiary/aromatic N) is 1. The molecule has 0 radical (unpaired) electrons. The van der Waals surface area contributed by atoms with E-state index in [9.17, 15) is 4.79 Å². The number of hydrogen-bond donors (Lipinski definition) is 2. The summed E-state index contributed by atoms with van der Waals surface area (Å²) in [6, 6.07) is 0. The second kappa shape index (κ2) is 8.63. The second-order valence-corrected chi connectivity index (χ2v) is 6.67. The first-order valence-electron chi connectivity index (χ1n) is 8.15. The first kappa shape index (κ1) is 17.4. The van der Waals surface area contributed by atoms with Crippen LogP contribution in [-0.4, -0.2) is 43.5 Å². The van der Waals surface area contributed by atoms with Gasteiger partial charge in [0.15, 0.2) is 0 Å². The van der Waals surface area contributed by atoms with Crippen LogP contribution >= 0.6 is 0 Å². The average Bonchev–Trinajstić information content (AvgIpc) is 2.44. The van der Waals surface area contributed by atoms with Gasteiger partial charge >= 0.3 is 0 Å². The van der Waals surface area contributed by atoms with Gasteiger partial charge in [0.2, 0.25) is 5.91 Å². The molecule has 1 aliphatic rings. The maximum absolute atomic E-state index is 11.4. The van der Waals surface area contributed by atoms with Gasteiger partial charge in [0.1, 0.15) is 0 Å². The van der Waals surface area contributed by atoms with Crippen molar-refractivity contribution in [3.05, 3.63) is 0 Å². The van der Waals surface area contributed by atoms with E-state index in [1.165, 1.54) is 38.6 Å². The van der Waals surface area contributed by atoms with E-state index in [1.54, 1.807) is 7.05 Å². The SMILES string of the molecule is CNC(C)(CCCCN(C)CC1CCCCC1)C(N)=O. The van der Waals surface area contributed by atoms with Gasteiger partial charge in [-0.3, -0.25) is 4.79 Å². The van der Waals surface area contributed by atoms with Crippen molar-refractivity contribution in [2.24, 2.45) is 11.7 Å². The minimum Gasteiger partial charge on any atom is -0.368 e. The smallest absolute Gasteiger partial charge is 0.237 e. The molecule has 3 N–H and O–H groups in total. The Morgan fingerprint density at radius 3 is 2.50 bits per heavy atom. The molecule has 1 saturated carbocycles. The Balaban J connectivity index is 2.15. The van der Waals surface area contributed by atoms with Gasteiger partial charge in [-0.05, 0) is 65.6 Å². The quantitative estimate of drug-likeness (QED) is 0.637. The van der Waals surface area contributed by atoms with Crippen LogP contribution < -0.4 is 11.1 Å². The van der Waals surface area contributed by atoms with Gasteiger partial charge in [-0.15, -0.1) is 0 Å². The number of unbranched alkanes of at least 4 members (excludes halogenated alkanes) is 1. The van der Waals surface area contributed by atoms with Crippen molar-refractivity contribution < 1.29 is 4.79 Å². The third kappa shape index (κ3) is 5.80. The summed E-state index contributed by atoms with van der Waals surface area (Å²) >= 11 is 0. The van der Waals surface area contributed by atoms with Gasteiger partial charge in [0.05, 0.1) is 5.54 Å². The molecule has 0 aromatic rings. The Morgan fingerprint density at radius 1 is 1.30 bits per heavy atom. The largest absolute Gasteiger partial charge is 0.368 e. The van der Waals surface area contributed by atoms with Crippen LogP contribution in [0, 0.1) is 5.92 Å². The van der Waals surface area contributed by atoms with Crippen molar-refractivity contribution in [3.8, 4) is 0 Å². The van der Waals surface area contributed by atoms with Gasteiger partial charge in [-0.2, -0.15) is 0 Å². The fraction of sp³-hybridized carbons (Fsp3) is 0.938. The lowest BCUT2D eigenvalue weighted by Crippen LogP contribution is -2.51. The molecule has 0 spiro atoms. The van der Waals surface area contributed by atoms with Crippen LogP contribution in [-0.2, 0) is 4.79 Å². The first-order chi connectivity index (χ1) is 9.48. The second-order valence-electron chi connectivity index (χ2n) is 6.67. The number of nitrogens with one attached hydrogen (secondary N) is 1. The summed E-state index contributed by atoms with van der Waals surface area (Å²) in [6.45, 7) is 4.25. The number of nitrogens with two attached hydrogens (primary N) is 1. The number of carbonyl (C=O) groups is 1. The predicted molar refractivity (Wildman–Crippen MR) is 84.6 cm³/mol. The number of primary amides is 1. The highest BCUT2D eigenvalue weighted by atomic mass is 16.1. The van der Waals surface area contributed by atoms with E-state index in [2.05, 4.69) is 17.3 Å². The van der Waals surface area contributed by atoms with E-state index in [0.29, 0.717) is 0 Å². The van der Waals surface area contributed by atoms with Gasteiger partial charge in [-0.1, -0.05) is 19.3 Å². The lowest BCUT2D eigenvalue weighted by Gasteiger charge is -2.28. The number of amides is 1. The third-order valence-corrected chi connectivity index (χ3v) is 4.86. The summed E-state index contributed by atoms with van der Waals surface area (Å²) in [7, 11) is 4.03. The van der Waals surface area contributed by atoms with Crippen molar-refractivity contribution in [1.29, 1.82) is 0 Å². The Bertz CT molecular complexity index is 289. The molecule has 0 aromatic carbocycles. The molecule has 1 atom stereocenters. The normalized spacial score (nSPS) is 20.0. The molecule has 20 heavy (non-hydrogen) atoms. The molecular weight excluding hydrogens is 250 g/mol. The molecule has 0 saturated heterocycles. The van der Waals surface area contributed by atoms with Crippen molar-refractivity contribution in [3.63, 3.8) is 0 Å². The van der Waals surface area contributed by atoms with Crippen LogP contribution in [0.1, 0.15) is 58.3 Å². The Hall–Kier alpha value is -0.610. The third-order valence-electron chi connectivity index (χ3n) is 4.86. The Labute approximate surface area is 124 Å². The highest BCUT2D eigenvalue weighted by Crippen LogP contribution is 2.24. The summed E-state index contributed by atoms with van der Waals surface area (Å²) in [5.41, 5.74) is 4.88. The van der Waals surface area contributed by atoms with Crippen LogP contribution in [0.2, 0.25) is 0 Å². The minimum atomic E-state index is -0.554. The minimum absolute atomic E-state index is 0.254. The summed E-state index contributed by atoms with van der Waals surface area (Å²) in [5.74, 6) is 0.650. The predicted octanol–water partition coefficient (Wildman–Crippen LogP) is 2.13. The molecule has 1 aliphatic carbocycles. The number of carbonyl (C=O) groups excluding carboxylic acids is 1. The molecule has 1 rings (SSSR count). The zero-order valence-corrected chi connectivity index (χ0v) is 13.6. The molecular formula is C16H33N3O. The summed E-state index contributed by atoms with van der Waals surface area (Å²) in [6.07, 6.45) is 10.1. The molecule has 1 fully saturated rings. The Morgan fingerprint density at radius 2 is 1.95 bits per heavy atom. The van der Waals surface area contributed by atoms with Gasteiger partial charge in [0.25, 0.3) is 0 Å². The van der Waals surface area contributed by atoms with Crippen LogP contribution in [0.4, 0.5) is 0 Å².